The van der Waals surface area contributed by atoms with Crippen LogP contribution in [0.5, 0.6) is 0 Å². The topological polar surface area (TPSA) is 60.8 Å². The second-order valence-electron chi connectivity index (χ2n) is 6.81. The Balaban J connectivity index is 2.11. The number of benzene rings is 1. The molecule has 2 aromatic rings. The minimum absolute atomic E-state index is 0.269. The average Bonchev–Trinajstić information content (AvgIpc) is 2.66. The number of rotatable bonds is 5. The average molecular weight is 391 g/mol. The van der Waals surface area contributed by atoms with Crippen LogP contribution in [0.4, 0.5) is 5.69 Å². The molecule has 7 heteroatoms. The summed E-state index contributed by atoms with van der Waals surface area (Å²) in [6, 6.07) is 6.10. The molecule has 1 atom stereocenters. The van der Waals surface area contributed by atoms with Gasteiger partial charge in [0.15, 0.2) is 0 Å². The minimum atomic E-state index is -0.358. The molecule has 1 fully saturated rings. The molecule has 2 heterocycles. The first-order valence-electron chi connectivity index (χ1n) is 9.22. The van der Waals surface area contributed by atoms with Crippen molar-refractivity contribution in [2.45, 2.75) is 19.3 Å². The van der Waals surface area contributed by atoms with Crippen LogP contribution < -0.4 is 21.2 Å². The molecule has 1 saturated heterocycles. The summed E-state index contributed by atoms with van der Waals surface area (Å²) in [6.45, 7) is 7.63. The van der Waals surface area contributed by atoms with Crippen molar-refractivity contribution < 1.29 is 4.42 Å². The number of alkyl halides is 1. The van der Waals surface area contributed by atoms with E-state index in [0.29, 0.717) is 16.8 Å². The fourth-order valence-corrected chi connectivity index (χ4v) is 3.54. The van der Waals surface area contributed by atoms with Crippen molar-refractivity contribution >= 4 is 34.0 Å². The van der Waals surface area contributed by atoms with E-state index in [1.807, 2.05) is 37.9 Å². The Morgan fingerprint density at radius 1 is 1.41 bits per heavy atom. The number of anilines is 1. The zero-order valence-electron chi connectivity index (χ0n) is 16.3. The van der Waals surface area contributed by atoms with Crippen LogP contribution in [-0.2, 0) is 0 Å². The Morgan fingerprint density at radius 3 is 2.74 bits per heavy atom. The third-order valence-corrected chi connectivity index (χ3v) is 5.38. The first-order chi connectivity index (χ1) is 12.9. The van der Waals surface area contributed by atoms with Crippen molar-refractivity contribution in [3.63, 3.8) is 0 Å². The van der Waals surface area contributed by atoms with E-state index in [1.54, 1.807) is 13.2 Å². The van der Waals surface area contributed by atoms with Gasteiger partial charge in [-0.15, -0.1) is 0 Å². The number of aryl methyl sites for hydroxylation is 1. The SMILES string of the molecule is CN/C=C(/c1c(C)c2ccc(N3CCNCC3)cc2oc1=O)N(C)C(C)Cl. The molecule has 0 bridgehead atoms. The number of nitrogens with zero attached hydrogens (tertiary/aromatic N) is 2. The quantitative estimate of drug-likeness (QED) is 0.465. The highest BCUT2D eigenvalue weighted by molar-refractivity contribution is 6.20. The van der Waals surface area contributed by atoms with Gasteiger partial charge in [-0.2, -0.15) is 0 Å². The molecular weight excluding hydrogens is 364 g/mol. The van der Waals surface area contributed by atoms with Crippen LogP contribution >= 0.6 is 11.6 Å². The maximum absolute atomic E-state index is 12.9. The molecule has 0 amide bonds. The predicted octanol–water partition coefficient (Wildman–Crippen LogP) is 2.55. The number of hydrogen-bond donors (Lipinski definition) is 2. The summed E-state index contributed by atoms with van der Waals surface area (Å²) in [7, 11) is 3.65. The van der Waals surface area contributed by atoms with Gasteiger partial charge in [0.2, 0.25) is 0 Å². The number of hydrogen-bond acceptors (Lipinski definition) is 6. The van der Waals surface area contributed by atoms with Gasteiger partial charge < -0.3 is 24.9 Å². The van der Waals surface area contributed by atoms with Crippen molar-refractivity contribution in [2.75, 3.05) is 45.2 Å². The molecule has 146 valence electrons. The molecule has 0 aliphatic carbocycles. The van der Waals surface area contributed by atoms with Crippen molar-refractivity contribution in [3.05, 3.63) is 45.9 Å². The van der Waals surface area contributed by atoms with Gasteiger partial charge in [-0.3, -0.25) is 0 Å². The highest BCUT2D eigenvalue weighted by Gasteiger charge is 2.21. The summed E-state index contributed by atoms with van der Waals surface area (Å²) in [5.74, 6) is 0. The molecular formula is C20H27ClN4O2. The minimum Gasteiger partial charge on any atom is -0.422 e. The van der Waals surface area contributed by atoms with E-state index in [0.717, 1.165) is 42.8 Å². The molecule has 3 rings (SSSR count). The van der Waals surface area contributed by atoms with Crippen LogP contribution in [0, 0.1) is 6.92 Å². The van der Waals surface area contributed by atoms with E-state index in [4.69, 9.17) is 16.0 Å². The van der Waals surface area contributed by atoms with Gasteiger partial charge in [0.1, 0.15) is 11.1 Å². The van der Waals surface area contributed by atoms with Gasteiger partial charge in [0.25, 0.3) is 0 Å². The fourth-order valence-electron chi connectivity index (χ4n) is 3.44. The smallest absolute Gasteiger partial charge is 0.346 e. The number of halogens is 1. The number of piperazine rings is 1. The lowest BCUT2D eigenvalue weighted by molar-refractivity contribution is 0.459. The Labute approximate surface area is 164 Å². The van der Waals surface area contributed by atoms with Crippen molar-refractivity contribution in [1.29, 1.82) is 0 Å². The van der Waals surface area contributed by atoms with E-state index < -0.39 is 0 Å². The maximum Gasteiger partial charge on any atom is 0.346 e. The van der Waals surface area contributed by atoms with Gasteiger partial charge in [-0.1, -0.05) is 11.6 Å². The lowest BCUT2D eigenvalue weighted by Gasteiger charge is -2.29. The third-order valence-electron chi connectivity index (χ3n) is 5.08. The summed E-state index contributed by atoms with van der Waals surface area (Å²) in [5.41, 5.74) is 3.19. The van der Waals surface area contributed by atoms with E-state index >= 15 is 0 Å². The van der Waals surface area contributed by atoms with Crippen LogP contribution in [0.3, 0.4) is 0 Å². The zero-order chi connectivity index (χ0) is 19.6. The van der Waals surface area contributed by atoms with Crippen LogP contribution in [0.15, 0.2) is 33.6 Å². The molecule has 6 nitrogen and oxygen atoms in total. The molecule has 0 radical (unpaired) electrons. The molecule has 1 aromatic carbocycles. The number of fused-ring (bicyclic) bond motifs is 1. The molecule has 1 unspecified atom stereocenters. The van der Waals surface area contributed by atoms with E-state index in [-0.39, 0.29) is 11.1 Å². The summed E-state index contributed by atoms with van der Waals surface area (Å²) in [4.78, 5) is 17.0. The second-order valence-corrected chi connectivity index (χ2v) is 7.44. The van der Waals surface area contributed by atoms with Gasteiger partial charge in [-0.05, 0) is 31.5 Å². The molecule has 2 N–H and O–H groups in total. The monoisotopic (exact) mass is 390 g/mol. The Hall–Kier alpha value is -2.18. The molecule has 1 aromatic heterocycles. The Morgan fingerprint density at radius 2 is 2.11 bits per heavy atom. The van der Waals surface area contributed by atoms with Crippen LogP contribution in [0.25, 0.3) is 16.7 Å². The normalized spacial score (nSPS) is 16.5. The van der Waals surface area contributed by atoms with Crippen molar-refractivity contribution in [2.24, 2.45) is 0 Å². The van der Waals surface area contributed by atoms with Crippen molar-refractivity contribution in [3.8, 4) is 0 Å². The van der Waals surface area contributed by atoms with Crippen LogP contribution in [0.2, 0.25) is 0 Å². The number of nitrogens with one attached hydrogen (secondary N) is 2. The third kappa shape index (κ3) is 3.92. The Kier molecular flexibility index (Phi) is 5.97. The van der Waals surface area contributed by atoms with Crippen LogP contribution in [0.1, 0.15) is 18.1 Å². The van der Waals surface area contributed by atoms with Gasteiger partial charge in [0, 0.05) is 63.6 Å². The first-order valence-corrected chi connectivity index (χ1v) is 9.65. The largest absolute Gasteiger partial charge is 0.422 e. The second kappa shape index (κ2) is 8.23. The summed E-state index contributed by atoms with van der Waals surface area (Å²) in [6.07, 6.45) is 1.78. The van der Waals surface area contributed by atoms with Gasteiger partial charge >= 0.3 is 5.63 Å². The highest BCUT2D eigenvalue weighted by atomic mass is 35.5. The summed E-state index contributed by atoms with van der Waals surface area (Å²) >= 11 is 6.25. The Bertz CT molecular complexity index is 901. The van der Waals surface area contributed by atoms with E-state index in [1.165, 1.54) is 0 Å². The first kappa shape index (κ1) is 19.6. The van der Waals surface area contributed by atoms with E-state index in [9.17, 15) is 4.79 Å². The summed E-state index contributed by atoms with van der Waals surface area (Å²) in [5, 5.41) is 7.28. The lowest BCUT2D eigenvalue weighted by Crippen LogP contribution is -2.43. The van der Waals surface area contributed by atoms with Gasteiger partial charge in [0.05, 0.1) is 11.3 Å². The summed E-state index contributed by atoms with van der Waals surface area (Å²) < 4.78 is 5.73. The lowest BCUT2D eigenvalue weighted by atomic mass is 10.0. The van der Waals surface area contributed by atoms with Crippen LogP contribution in [-0.4, -0.2) is 50.7 Å². The standard InChI is InChI=1S/C20H27ClN4O2/c1-13-16-6-5-15(25-9-7-23-8-10-25)11-18(16)27-20(26)19(13)17(12-22-3)24(4)14(2)21/h5-6,11-12,14,22-23H,7-10H2,1-4H3/b17-12-. The zero-order valence-corrected chi connectivity index (χ0v) is 17.1. The highest BCUT2D eigenvalue weighted by Crippen LogP contribution is 2.29. The predicted molar refractivity (Wildman–Crippen MR) is 112 cm³/mol. The van der Waals surface area contributed by atoms with Gasteiger partial charge in [-0.25, -0.2) is 4.79 Å². The molecule has 27 heavy (non-hydrogen) atoms. The molecule has 0 spiro atoms. The van der Waals surface area contributed by atoms with E-state index in [2.05, 4.69) is 21.6 Å². The maximum atomic E-state index is 12.9. The molecule has 1 aliphatic rings. The van der Waals surface area contributed by atoms with Crippen molar-refractivity contribution in [1.82, 2.24) is 15.5 Å². The molecule has 1 aliphatic heterocycles. The molecule has 0 saturated carbocycles. The fraction of sp³-hybridized carbons (Fsp3) is 0.450.